The van der Waals surface area contributed by atoms with E-state index in [1.807, 2.05) is 6.07 Å². The smallest absolute Gasteiger partial charge is 0.311 e. The number of hydrogen-bond acceptors (Lipinski definition) is 4. The Morgan fingerprint density at radius 2 is 2.29 bits per heavy atom. The van der Waals surface area contributed by atoms with E-state index >= 15 is 0 Å². The quantitative estimate of drug-likeness (QED) is 0.659. The van der Waals surface area contributed by atoms with Crippen molar-refractivity contribution in [2.45, 2.75) is 11.4 Å². The van der Waals surface area contributed by atoms with E-state index in [0.29, 0.717) is 24.5 Å². The molecule has 5 heteroatoms. The SMILES string of the molecule is COC(=O)C1CN(Cc2ccc(S)c(F)c2)C1. The molecule has 0 bridgehead atoms. The molecule has 92 valence electrons. The second-order valence-corrected chi connectivity index (χ2v) is 4.68. The number of carbonyl (C=O) groups excluding carboxylic acids is 1. The summed E-state index contributed by atoms with van der Waals surface area (Å²) in [4.78, 5) is 13.6. The molecule has 0 unspecified atom stereocenters. The summed E-state index contributed by atoms with van der Waals surface area (Å²) in [6, 6.07) is 4.97. The molecule has 1 heterocycles. The highest BCUT2D eigenvalue weighted by Gasteiger charge is 2.33. The highest BCUT2D eigenvalue weighted by molar-refractivity contribution is 7.80. The van der Waals surface area contributed by atoms with Crippen LogP contribution in [0, 0.1) is 11.7 Å². The van der Waals surface area contributed by atoms with Crippen LogP contribution in [0.25, 0.3) is 0 Å². The normalized spacial score (nSPS) is 16.6. The maximum Gasteiger partial charge on any atom is 0.311 e. The van der Waals surface area contributed by atoms with Crippen molar-refractivity contribution in [3.63, 3.8) is 0 Å². The van der Waals surface area contributed by atoms with E-state index in [0.717, 1.165) is 5.56 Å². The van der Waals surface area contributed by atoms with Crippen LogP contribution in [-0.4, -0.2) is 31.1 Å². The molecule has 0 aliphatic carbocycles. The molecular formula is C12H14FNO2S. The summed E-state index contributed by atoms with van der Waals surface area (Å²) in [6.45, 7) is 2.01. The molecule has 1 aliphatic heterocycles. The lowest BCUT2D eigenvalue weighted by Crippen LogP contribution is -2.49. The van der Waals surface area contributed by atoms with E-state index in [-0.39, 0.29) is 17.7 Å². The molecule has 2 rings (SSSR count). The second-order valence-electron chi connectivity index (χ2n) is 4.20. The van der Waals surface area contributed by atoms with Gasteiger partial charge in [0.25, 0.3) is 0 Å². The van der Waals surface area contributed by atoms with Gasteiger partial charge in [0.2, 0.25) is 0 Å². The molecule has 1 aromatic rings. The van der Waals surface area contributed by atoms with Crippen molar-refractivity contribution >= 4 is 18.6 Å². The standard InChI is InChI=1S/C12H14FNO2S/c1-16-12(15)9-6-14(7-9)5-8-2-3-11(17)10(13)4-8/h2-4,9,17H,5-7H2,1H3. The van der Waals surface area contributed by atoms with Crippen LogP contribution >= 0.6 is 12.6 Å². The largest absolute Gasteiger partial charge is 0.469 e. The van der Waals surface area contributed by atoms with Gasteiger partial charge in [-0.1, -0.05) is 6.07 Å². The monoisotopic (exact) mass is 255 g/mol. The van der Waals surface area contributed by atoms with Crippen molar-refractivity contribution in [1.29, 1.82) is 0 Å². The number of ether oxygens (including phenoxy) is 1. The predicted molar refractivity (Wildman–Crippen MR) is 64.4 cm³/mol. The Kier molecular flexibility index (Phi) is 3.69. The zero-order valence-corrected chi connectivity index (χ0v) is 10.4. The predicted octanol–water partition coefficient (Wildman–Crippen LogP) is 1.72. The number of rotatable bonds is 3. The first-order valence-electron chi connectivity index (χ1n) is 5.37. The zero-order valence-electron chi connectivity index (χ0n) is 9.52. The first kappa shape index (κ1) is 12.4. The third-order valence-corrected chi connectivity index (χ3v) is 3.27. The summed E-state index contributed by atoms with van der Waals surface area (Å²) in [5, 5.41) is 0. The number of carbonyl (C=O) groups is 1. The van der Waals surface area contributed by atoms with E-state index in [4.69, 9.17) is 0 Å². The summed E-state index contributed by atoms with van der Waals surface area (Å²) in [7, 11) is 1.39. The van der Waals surface area contributed by atoms with Crippen molar-refractivity contribution in [3.05, 3.63) is 29.6 Å². The molecule has 1 fully saturated rings. The van der Waals surface area contributed by atoms with Crippen molar-refractivity contribution < 1.29 is 13.9 Å². The summed E-state index contributed by atoms with van der Waals surface area (Å²) in [6.07, 6.45) is 0. The molecule has 0 saturated carbocycles. The summed E-state index contributed by atoms with van der Waals surface area (Å²) in [5.74, 6) is -0.511. The molecule has 17 heavy (non-hydrogen) atoms. The molecule has 0 spiro atoms. The van der Waals surface area contributed by atoms with Gasteiger partial charge >= 0.3 is 5.97 Å². The fourth-order valence-electron chi connectivity index (χ4n) is 1.92. The molecule has 0 radical (unpaired) electrons. The Balaban J connectivity index is 1.87. The number of thiol groups is 1. The number of benzene rings is 1. The topological polar surface area (TPSA) is 29.5 Å². The van der Waals surface area contributed by atoms with Gasteiger partial charge in [-0.05, 0) is 17.7 Å². The minimum atomic E-state index is -0.309. The Morgan fingerprint density at radius 1 is 1.59 bits per heavy atom. The van der Waals surface area contributed by atoms with Crippen molar-refractivity contribution in [3.8, 4) is 0 Å². The Hall–Kier alpha value is -1.07. The molecule has 3 nitrogen and oxygen atoms in total. The van der Waals surface area contributed by atoms with Crippen LogP contribution in [-0.2, 0) is 16.1 Å². The molecule has 1 aromatic carbocycles. The van der Waals surface area contributed by atoms with Crippen LogP contribution in [0.4, 0.5) is 4.39 Å². The van der Waals surface area contributed by atoms with Gasteiger partial charge in [-0.25, -0.2) is 4.39 Å². The number of halogens is 1. The number of likely N-dealkylation sites (tertiary alicyclic amines) is 1. The first-order valence-corrected chi connectivity index (χ1v) is 5.82. The molecule has 0 atom stereocenters. The summed E-state index contributed by atoms with van der Waals surface area (Å²) >= 11 is 3.98. The van der Waals surface area contributed by atoms with Crippen LogP contribution in [0.5, 0.6) is 0 Å². The average Bonchev–Trinajstić information content (AvgIpc) is 2.26. The third-order valence-electron chi connectivity index (χ3n) is 2.91. The van der Waals surface area contributed by atoms with Crippen LogP contribution in [0.3, 0.4) is 0 Å². The summed E-state index contributed by atoms with van der Waals surface area (Å²) in [5.41, 5.74) is 0.892. The van der Waals surface area contributed by atoms with Gasteiger partial charge in [0.05, 0.1) is 13.0 Å². The fourth-order valence-corrected chi connectivity index (χ4v) is 2.06. The van der Waals surface area contributed by atoms with Crippen LogP contribution < -0.4 is 0 Å². The Labute approximate surface area is 105 Å². The van der Waals surface area contributed by atoms with Crippen LogP contribution in [0.2, 0.25) is 0 Å². The van der Waals surface area contributed by atoms with Crippen LogP contribution in [0.1, 0.15) is 5.56 Å². The lowest BCUT2D eigenvalue weighted by molar-refractivity contribution is -0.151. The van der Waals surface area contributed by atoms with Gasteiger partial charge in [0.1, 0.15) is 5.82 Å². The van der Waals surface area contributed by atoms with Gasteiger partial charge in [0.15, 0.2) is 0 Å². The van der Waals surface area contributed by atoms with E-state index < -0.39 is 0 Å². The summed E-state index contributed by atoms with van der Waals surface area (Å²) < 4.78 is 17.9. The third kappa shape index (κ3) is 2.79. The van der Waals surface area contributed by atoms with Crippen molar-refractivity contribution in [2.75, 3.05) is 20.2 Å². The highest BCUT2D eigenvalue weighted by Crippen LogP contribution is 2.21. The van der Waals surface area contributed by atoms with Gasteiger partial charge in [-0.2, -0.15) is 0 Å². The van der Waals surface area contributed by atoms with Crippen molar-refractivity contribution in [2.24, 2.45) is 5.92 Å². The lowest BCUT2D eigenvalue weighted by atomic mass is 9.99. The number of methoxy groups -OCH3 is 1. The number of nitrogens with zero attached hydrogens (tertiary/aromatic N) is 1. The maximum absolute atomic E-state index is 13.2. The minimum Gasteiger partial charge on any atom is -0.469 e. The maximum atomic E-state index is 13.2. The van der Waals surface area contributed by atoms with Gasteiger partial charge in [-0.15, -0.1) is 12.6 Å². The van der Waals surface area contributed by atoms with Crippen molar-refractivity contribution in [1.82, 2.24) is 4.90 Å². The van der Waals surface area contributed by atoms with Gasteiger partial charge in [0, 0.05) is 24.5 Å². The zero-order chi connectivity index (χ0) is 12.4. The van der Waals surface area contributed by atoms with Gasteiger partial charge in [-0.3, -0.25) is 9.69 Å². The van der Waals surface area contributed by atoms with E-state index in [1.54, 1.807) is 6.07 Å². The lowest BCUT2D eigenvalue weighted by Gasteiger charge is -2.37. The van der Waals surface area contributed by atoms with E-state index in [1.165, 1.54) is 13.2 Å². The van der Waals surface area contributed by atoms with Crippen LogP contribution in [0.15, 0.2) is 23.1 Å². The Morgan fingerprint density at radius 3 is 2.88 bits per heavy atom. The molecule has 0 aromatic heterocycles. The molecular weight excluding hydrogens is 241 g/mol. The van der Waals surface area contributed by atoms with E-state index in [2.05, 4.69) is 22.3 Å². The number of hydrogen-bond donors (Lipinski definition) is 1. The highest BCUT2D eigenvalue weighted by atomic mass is 32.1. The fraction of sp³-hybridized carbons (Fsp3) is 0.417. The molecule has 1 saturated heterocycles. The van der Waals surface area contributed by atoms with Gasteiger partial charge < -0.3 is 4.74 Å². The average molecular weight is 255 g/mol. The minimum absolute atomic E-state index is 0.0333. The molecule has 0 N–H and O–H groups in total. The van der Waals surface area contributed by atoms with E-state index in [9.17, 15) is 9.18 Å². The molecule has 1 aliphatic rings. The first-order chi connectivity index (χ1) is 8.10. The number of esters is 1. The Bertz CT molecular complexity index is 433. The molecule has 0 amide bonds. The second kappa shape index (κ2) is 5.06.